The normalized spacial score (nSPS) is 20.8. The number of alkyl halides is 3. The molecule has 2 fully saturated rings. The van der Waals surface area contributed by atoms with Gasteiger partial charge in [-0.2, -0.15) is 13.2 Å². The molecule has 1 aliphatic carbocycles. The predicted octanol–water partition coefficient (Wildman–Crippen LogP) is 4.32. The zero-order chi connectivity index (χ0) is 20.1. The number of halogens is 3. The Balaban J connectivity index is 1.26. The molecule has 1 atom stereocenters. The van der Waals surface area contributed by atoms with Crippen molar-refractivity contribution in [3.8, 4) is 11.5 Å². The van der Waals surface area contributed by atoms with Gasteiger partial charge in [0, 0.05) is 30.8 Å². The minimum atomic E-state index is -4.47. The molecule has 5 rings (SSSR count). The van der Waals surface area contributed by atoms with Crippen LogP contribution in [0.25, 0.3) is 11.5 Å². The second-order valence-electron chi connectivity index (χ2n) is 7.66. The Morgan fingerprint density at radius 1 is 1.03 bits per heavy atom. The van der Waals surface area contributed by atoms with E-state index in [-0.39, 0.29) is 17.3 Å². The first-order chi connectivity index (χ1) is 13.9. The summed E-state index contributed by atoms with van der Waals surface area (Å²) in [5, 5.41) is 8.41. The fraction of sp³-hybridized carbons (Fsp3) is 0.400. The molecule has 1 aromatic carbocycles. The molecule has 150 valence electrons. The molecule has 9 heteroatoms. The van der Waals surface area contributed by atoms with Crippen LogP contribution >= 0.6 is 0 Å². The molecule has 0 bridgehead atoms. The van der Waals surface area contributed by atoms with Crippen LogP contribution in [-0.2, 0) is 6.18 Å². The molecule has 29 heavy (non-hydrogen) atoms. The third kappa shape index (κ3) is 3.34. The highest BCUT2D eigenvalue weighted by molar-refractivity contribution is 5.52. The van der Waals surface area contributed by atoms with Gasteiger partial charge in [0.1, 0.15) is 5.69 Å². The van der Waals surface area contributed by atoms with Crippen LogP contribution in [0.3, 0.4) is 0 Å². The van der Waals surface area contributed by atoms with Crippen molar-refractivity contribution in [1.29, 1.82) is 0 Å². The lowest BCUT2D eigenvalue weighted by Gasteiger charge is -2.32. The highest BCUT2D eigenvalue weighted by Gasteiger charge is 2.58. The van der Waals surface area contributed by atoms with Gasteiger partial charge >= 0.3 is 6.18 Å². The van der Waals surface area contributed by atoms with Gasteiger partial charge < -0.3 is 9.32 Å². The average Bonchev–Trinajstić information content (AvgIpc) is 3.20. The number of hydrogen-bond donors (Lipinski definition) is 0. The van der Waals surface area contributed by atoms with Crippen molar-refractivity contribution in [2.75, 3.05) is 18.0 Å². The van der Waals surface area contributed by atoms with Crippen LogP contribution in [0.15, 0.2) is 47.0 Å². The molecule has 2 aromatic heterocycles. The Bertz CT molecular complexity index is 1010. The first-order valence-corrected chi connectivity index (χ1v) is 9.49. The Morgan fingerprint density at radius 2 is 1.79 bits per heavy atom. The SMILES string of the molecule is FC(F)(F)c1ccnc(N2CCC3(CC2)C[C@@H]3c2nnc(-c3ccccc3)o2)n1. The highest BCUT2D eigenvalue weighted by Crippen LogP contribution is 2.64. The van der Waals surface area contributed by atoms with Crippen molar-refractivity contribution < 1.29 is 17.6 Å². The Hall–Kier alpha value is -2.97. The summed E-state index contributed by atoms with van der Waals surface area (Å²) < 4.78 is 44.6. The van der Waals surface area contributed by atoms with E-state index in [1.54, 1.807) is 0 Å². The van der Waals surface area contributed by atoms with Gasteiger partial charge in [0.2, 0.25) is 17.7 Å². The van der Waals surface area contributed by atoms with Crippen molar-refractivity contribution in [3.63, 3.8) is 0 Å². The second-order valence-corrected chi connectivity index (χ2v) is 7.66. The number of aromatic nitrogens is 4. The van der Waals surface area contributed by atoms with Crippen LogP contribution in [0.2, 0.25) is 0 Å². The van der Waals surface area contributed by atoms with Crippen molar-refractivity contribution in [2.24, 2.45) is 5.41 Å². The summed E-state index contributed by atoms with van der Waals surface area (Å²) in [7, 11) is 0. The molecule has 2 aliphatic rings. The fourth-order valence-electron chi connectivity index (χ4n) is 4.13. The lowest BCUT2D eigenvalue weighted by molar-refractivity contribution is -0.141. The third-order valence-electron chi connectivity index (χ3n) is 5.92. The molecule has 0 amide bonds. The molecule has 0 N–H and O–H groups in total. The van der Waals surface area contributed by atoms with E-state index in [9.17, 15) is 13.2 Å². The van der Waals surface area contributed by atoms with Crippen LogP contribution in [0, 0.1) is 5.41 Å². The zero-order valence-electron chi connectivity index (χ0n) is 15.4. The van der Waals surface area contributed by atoms with E-state index in [4.69, 9.17) is 4.42 Å². The molecule has 3 aromatic rings. The van der Waals surface area contributed by atoms with Gasteiger partial charge in [-0.15, -0.1) is 10.2 Å². The van der Waals surface area contributed by atoms with Crippen LogP contribution in [0.4, 0.5) is 19.1 Å². The summed E-state index contributed by atoms with van der Waals surface area (Å²) in [5.41, 5.74) is 0.0578. The molecule has 1 saturated heterocycles. The van der Waals surface area contributed by atoms with Gasteiger partial charge in [0.15, 0.2) is 0 Å². The number of benzene rings is 1. The summed E-state index contributed by atoms with van der Waals surface area (Å²) in [6.45, 7) is 1.22. The van der Waals surface area contributed by atoms with E-state index in [2.05, 4.69) is 20.2 Å². The fourth-order valence-corrected chi connectivity index (χ4v) is 4.13. The molecular formula is C20H18F3N5O. The third-order valence-corrected chi connectivity index (χ3v) is 5.92. The standard InChI is InChI=1S/C20H18F3N5O/c21-20(22,23)15-6-9-24-18(25-15)28-10-7-19(8-11-28)12-14(19)17-27-26-16(29-17)13-4-2-1-3-5-13/h1-6,9,14H,7-8,10-12H2/t14-/m1/s1. The second kappa shape index (κ2) is 6.53. The number of piperidine rings is 1. The van der Waals surface area contributed by atoms with Crippen molar-refractivity contribution in [3.05, 3.63) is 54.2 Å². The summed E-state index contributed by atoms with van der Waals surface area (Å²) in [4.78, 5) is 9.55. The van der Waals surface area contributed by atoms with Crippen molar-refractivity contribution in [2.45, 2.75) is 31.4 Å². The quantitative estimate of drug-likeness (QED) is 0.651. The monoisotopic (exact) mass is 401 g/mol. The first kappa shape index (κ1) is 18.1. The summed E-state index contributed by atoms with van der Waals surface area (Å²) >= 11 is 0. The minimum absolute atomic E-state index is 0.0820. The van der Waals surface area contributed by atoms with Crippen LogP contribution in [0.1, 0.15) is 36.8 Å². The Labute approximate surface area is 164 Å². The molecule has 1 spiro atoms. The lowest BCUT2D eigenvalue weighted by Crippen LogP contribution is -2.36. The number of nitrogens with zero attached hydrogens (tertiary/aromatic N) is 5. The summed E-state index contributed by atoms with van der Waals surface area (Å²) in [6.07, 6.45) is -0.676. The molecule has 6 nitrogen and oxygen atoms in total. The molecule has 1 aliphatic heterocycles. The number of rotatable bonds is 3. The lowest BCUT2D eigenvalue weighted by atomic mass is 9.91. The van der Waals surface area contributed by atoms with E-state index in [0.29, 0.717) is 24.9 Å². The minimum Gasteiger partial charge on any atom is -0.420 e. The molecule has 1 saturated carbocycles. The van der Waals surface area contributed by atoms with Gasteiger partial charge in [-0.3, -0.25) is 0 Å². The number of hydrogen-bond acceptors (Lipinski definition) is 6. The summed E-state index contributed by atoms with van der Waals surface area (Å²) in [6, 6.07) is 10.5. The van der Waals surface area contributed by atoms with Crippen molar-refractivity contribution >= 4 is 5.95 Å². The van der Waals surface area contributed by atoms with Crippen LogP contribution in [-0.4, -0.2) is 33.3 Å². The van der Waals surface area contributed by atoms with Crippen LogP contribution < -0.4 is 4.90 Å². The predicted molar refractivity (Wildman–Crippen MR) is 98.0 cm³/mol. The smallest absolute Gasteiger partial charge is 0.420 e. The maximum atomic E-state index is 12.9. The van der Waals surface area contributed by atoms with Crippen molar-refractivity contribution in [1.82, 2.24) is 20.2 Å². The van der Waals surface area contributed by atoms with Gasteiger partial charge in [-0.1, -0.05) is 18.2 Å². The van der Waals surface area contributed by atoms with E-state index in [1.807, 2.05) is 35.2 Å². The largest absolute Gasteiger partial charge is 0.433 e. The number of anilines is 1. The highest BCUT2D eigenvalue weighted by atomic mass is 19.4. The molecule has 3 heterocycles. The van der Waals surface area contributed by atoms with E-state index in [1.165, 1.54) is 6.20 Å². The molecular weight excluding hydrogens is 383 g/mol. The Kier molecular flexibility index (Phi) is 4.07. The van der Waals surface area contributed by atoms with Gasteiger partial charge in [-0.05, 0) is 42.9 Å². The Morgan fingerprint density at radius 3 is 2.52 bits per heavy atom. The summed E-state index contributed by atoms with van der Waals surface area (Å²) in [5.74, 6) is 1.50. The van der Waals surface area contributed by atoms with Gasteiger partial charge in [0.25, 0.3) is 0 Å². The zero-order valence-corrected chi connectivity index (χ0v) is 15.4. The first-order valence-electron chi connectivity index (χ1n) is 9.49. The van der Waals surface area contributed by atoms with Gasteiger partial charge in [0.05, 0.1) is 0 Å². The maximum absolute atomic E-state index is 12.9. The average molecular weight is 401 g/mol. The topological polar surface area (TPSA) is 67.9 Å². The molecule has 0 radical (unpaired) electrons. The van der Waals surface area contributed by atoms with E-state index < -0.39 is 11.9 Å². The van der Waals surface area contributed by atoms with Crippen LogP contribution in [0.5, 0.6) is 0 Å². The van der Waals surface area contributed by atoms with E-state index in [0.717, 1.165) is 30.9 Å². The molecule has 0 unspecified atom stereocenters. The van der Waals surface area contributed by atoms with Gasteiger partial charge in [-0.25, -0.2) is 9.97 Å². The van der Waals surface area contributed by atoms with E-state index >= 15 is 0 Å². The maximum Gasteiger partial charge on any atom is 0.433 e.